The first-order valence-corrected chi connectivity index (χ1v) is 3.21. The van der Waals surface area contributed by atoms with E-state index < -0.39 is 15.4 Å². The fourth-order valence-electron chi connectivity index (χ4n) is 0.165. The molecule has 3 N–H and O–H groups in total. The first kappa shape index (κ1) is 7.32. The zero-order valence-electron chi connectivity index (χ0n) is 4.20. The van der Waals surface area contributed by atoms with Crippen molar-refractivity contribution in [2.45, 2.75) is 6.23 Å². The summed E-state index contributed by atoms with van der Waals surface area (Å²) in [7, 11) is -2.89. The van der Waals surface area contributed by atoms with Crippen molar-refractivity contribution in [3.8, 4) is 0 Å². The summed E-state index contributed by atoms with van der Waals surface area (Å²) in [6, 6.07) is 0. The van der Waals surface area contributed by atoms with Crippen LogP contribution in [0.25, 0.3) is 0 Å². The van der Waals surface area contributed by atoms with E-state index in [0.717, 1.165) is 0 Å². The number of nitrogens with two attached hydrogens (primary N) is 1. The van der Waals surface area contributed by atoms with Gasteiger partial charge in [-0.25, -0.2) is 0 Å². The second kappa shape index (κ2) is 3.34. The van der Waals surface area contributed by atoms with Gasteiger partial charge in [-0.05, 0) is 6.08 Å². The van der Waals surface area contributed by atoms with Crippen molar-refractivity contribution in [3.05, 3.63) is 12.7 Å². The Morgan fingerprint density at radius 1 is 2.00 bits per heavy atom. The molecule has 0 aliphatic carbocycles. The molecule has 1 unspecified atom stereocenters. The Kier molecular flexibility index (Phi) is 3.05. The molecule has 0 rings (SSSR count). The lowest BCUT2D eigenvalue weighted by molar-refractivity contribution is 0.185. The monoisotopic (exact) mass is 133 g/mol. The Balaban J connectivity index is 3.38. The molecule has 0 saturated carbocycles. The zero-order chi connectivity index (χ0) is 6.57. The van der Waals surface area contributed by atoms with Crippen LogP contribution in [-0.4, -0.2) is 20.2 Å². The second-order valence-electron chi connectivity index (χ2n) is 1.08. The molecule has 0 aliphatic heterocycles. The van der Waals surface area contributed by atoms with Crippen molar-refractivity contribution < 1.29 is 13.7 Å². The van der Waals surface area contributed by atoms with Crippen molar-refractivity contribution in [3.63, 3.8) is 0 Å². The smallest absolute Gasteiger partial charge is 0.511 e. The zero-order valence-corrected chi connectivity index (χ0v) is 5.20. The van der Waals surface area contributed by atoms with Gasteiger partial charge >= 0.3 is 9.17 Å². The molecule has 0 spiro atoms. The molecule has 5 heteroatoms. The molecule has 0 aromatic heterocycles. The summed E-state index contributed by atoms with van der Waals surface area (Å²) in [5, 5.41) is 0. The van der Waals surface area contributed by atoms with Crippen LogP contribution in [0.15, 0.2) is 12.7 Å². The SMILES string of the molecule is C=CC(N)O[Si](=O)O. The van der Waals surface area contributed by atoms with Crippen molar-refractivity contribution >= 4 is 9.17 Å². The van der Waals surface area contributed by atoms with Crippen LogP contribution in [-0.2, 0) is 8.89 Å². The maximum atomic E-state index is 9.80. The van der Waals surface area contributed by atoms with E-state index in [2.05, 4.69) is 11.0 Å². The van der Waals surface area contributed by atoms with Crippen LogP contribution in [0.5, 0.6) is 0 Å². The van der Waals surface area contributed by atoms with Gasteiger partial charge in [-0.15, -0.1) is 0 Å². The highest BCUT2D eigenvalue weighted by molar-refractivity contribution is 6.24. The molecule has 0 fully saturated rings. The minimum Gasteiger partial charge on any atom is -0.511 e. The topological polar surface area (TPSA) is 72.5 Å². The standard InChI is InChI=1S/C3H7NO3Si/c1-2-3(4)7-8(5)6/h2-3,5H,1,4H2. The average Bonchev–Trinajstić information content (AvgIpc) is 1.65. The molecule has 4 nitrogen and oxygen atoms in total. The Labute approximate surface area is 48.5 Å². The van der Waals surface area contributed by atoms with Crippen molar-refractivity contribution in [2.24, 2.45) is 5.73 Å². The van der Waals surface area contributed by atoms with Crippen molar-refractivity contribution in [1.82, 2.24) is 0 Å². The molecule has 0 aromatic rings. The summed E-state index contributed by atoms with van der Waals surface area (Å²) in [6.45, 7) is 3.23. The number of rotatable bonds is 3. The molecule has 0 aliphatic rings. The molecule has 8 heavy (non-hydrogen) atoms. The molecular formula is C3H7NO3Si. The molecule has 0 aromatic carbocycles. The fraction of sp³-hybridized carbons (Fsp3) is 0.333. The normalized spacial score (nSPS) is 12.1. The van der Waals surface area contributed by atoms with Crippen LogP contribution in [0.4, 0.5) is 0 Å². The lowest BCUT2D eigenvalue weighted by Crippen LogP contribution is -2.25. The lowest BCUT2D eigenvalue weighted by Gasteiger charge is -2.01. The minimum absolute atomic E-state index is 0.827. The third-order valence-corrected chi connectivity index (χ3v) is 0.943. The van der Waals surface area contributed by atoms with E-state index in [-0.39, 0.29) is 0 Å². The van der Waals surface area contributed by atoms with E-state index in [4.69, 9.17) is 10.5 Å². The average molecular weight is 133 g/mol. The maximum Gasteiger partial charge on any atom is 0.766 e. The van der Waals surface area contributed by atoms with E-state index in [1.54, 1.807) is 0 Å². The molecule has 0 bridgehead atoms. The molecule has 0 heterocycles. The quantitative estimate of drug-likeness (QED) is 0.290. The van der Waals surface area contributed by atoms with Gasteiger partial charge in [0.15, 0.2) is 6.23 Å². The summed E-state index contributed by atoms with van der Waals surface area (Å²) in [4.78, 5) is 8.05. The highest BCUT2D eigenvalue weighted by Crippen LogP contribution is 1.79. The summed E-state index contributed by atoms with van der Waals surface area (Å²) in [5.74, 6) is 0. The Morgan fingerprint density at radius 2 is 2.50 bits per heavy atom. The minimum atomic E-state index is -2.89. The largest absolute Gasteiger partial charge is 0.766 e. The highest BCUT2D eigenvalue weighted by Gasteiger charge is 2.06. The van der Waals surface area contributed by atoms with Crippen LogP contribution in [0.1, 0.15) is 0 Å². The van der Waals surface area contributed by atoms with Crippen LogP contribution in [0, 0.1) is 0 Å². The van der Waals surface area contributed by atoms with Gasteiger partial charge in [-0.1, -0.05) is 6.58 Å². The van der Waals surface area contributed by atoms with E-state index in [1.807, 2.05) is 0 Å². The van der Waals surface area contributed by atoms with Gasteiger partial charge in [0.25, 0.3) is 0 Å². The van der Waals surface area contributed by atoms with Crippen molar-refractivity contribution in [1.29, 1.82) is 0 Å². The Morgan fingerprint density at radius 3 is 2.62 bits per heavy atom. The van der Waals surface area contributed by atoms with Gasteiger partial charge in [-0.3, -0.25) is 10.2 Å². The van der Waals surface area contributed by atoms with Gasteiger partial charge in [0, 0.05) is 0 Å². The molecule has 0 amide bonds. The fourth-order valence-corrected chi connectivity index (χ4v) is 0.494. The molecular weight excluding hydrogens is 126 g/mol. The molecule has 0 saturated heterocycles. The van der Waals surface area contributed by atoms with E-state index >= 15 is 0 Å². The predicted molar refractivity (Wildman–Crippen MR) is 27.9 cm³/mol. The van der Waals surface area contributed by atoms with Crippen molar-refractivity contribution in [2.75, 3.05) is 0 Å². The second-order valence-corrected chi connectivity index (χ2v) is 1.85. The predicted octanol–water partition coefficient (Wildman–Crippen LogP) is -1.12. The summed E-state index contributed by atoms with van der Waals surface area (Å²) in [5.41, 5.74) is 5.00. The van der Waals surface area contributed by atoms with Gasteiger partial charge in [0.05, 0.1) is 0 Å². The van der Waals surface area contributed by atoms with Crippen LogP contribution in [0.3, 0.4) is 0 Å². The molecule has 1 atom stereocenters. The summed E-state index contributed by atoms with van der Waals surface area (Å²) >= 11 is 0. The van der Waals surface area contributed by atoms with Crippen LogP contribution in [0.2, 0.25) is 0 Å². The van der Waals surface area contributed by atoms with Gasteiger partial charge < -0.3 is 9.22 Å². The first-order valence-electron chi connectivity index (χ1n) is 1.94. The lowest BCUT2D eigenvalue weighted by atomic mass is 10.6. The summed E-state index contributed by atoms with van der Waals surface area (Å²) < 4.78 is 14.0. The third-order valence-electron chi connectivity index (χ3n) is 0.469. The van der Waals surface area contributed by atoms with Gasteiger partial charge in [0.1, 0.15) is 0 Å². The van der Waals surface area contributed by atoms with E-state index in [1.165, 1.54) is 6.08 Å². The number of hydrogen-bond acceptors (Lipinski definition) is 3. The molecule has 0 radical (unpaired) electrons. The van der Waals surface area contributed by atoms with E-state index in [9.17, 15) is 4.46 Å². The Hall–Kier alpha value is -0.683. The third kappa shape index (κ3) is 3.50. The first-order chi connectivity index (χ1) is 3.66. The Bertz CT molecular complexity index is 105. The number of hydrogen-bond donors (Lipinski definition) is 2. The van der Waals surface area contributed by atoms with Crippen LogP contribution >= 0.6 is 0 Å². The maximum absolute atomic E-state index is 9.80. The summed E-state index contributed by atoms with van der Waals surface area (Å²) in [6.07, 6.45) is 0.407. The van der Waals surface area contributed by atoms with Gasteiger partial charge in [0.2, 0.25) is 0 Å². The van der Waals surface area contributed by atoms with Gasteiger partial charge in [-0.2, -0.15) is 0 Å². The van der Waals surface area contributed by atoms with E-state index in [0.29, 0.717) is 0 Å². The van der Waals surface area contributed by atoms with Crippen LogP contribution < -0.4 is 5.73 Å². The highest BCUT2D eigenvalue weighted by atomic mass is 28.3. The molecule has 46 valence electrons.